The van der Waals surface area contributed by atoms with Crippen molar-refractivity contribution < 1.29 is 9.59 Å². The average molecular weight is 328 g/mol. The van der Waals surface area contributed by atoms with Crippen LogP contribution in [0.4, 0.5) is 5.69 Å². The maximum absolute atomic E-state index is 12.4. The number of hydrogen-bond acceptors (Lipinski definition) is 2. The molecule has 0 aromatic heterocycles. The molecule has 4 nitrogen and oxygen atoms in total. The summed E-state index contributed by atoms with van der Waals surface area (Å²) >= 11 is 0. The summed E-state index contributed by atoms with van der Waals surface area (Å²) in [6.07, 6.45) is 3.01. The first-order valence-electron chi connectivity index (χ1n) is 8.57. The molecule has 2 amide bonds. The number of nitrogens with one attached hydrogen (secondary N) is 2. The van der Waals surface area contributed by atoms with Crippen LogP contribution in [0.25, 0.3) is 0 Å². The van der Waals surface area contributed by atoms with E-state index in [-0.39, 0.29) is 35.6 Å². The SMILES string of the molecule is CCc1ccccc1NC(=O)CNC(=O)[C@@H]1[C@H](C=C(C)C)C1(C)C. The Morgan fingerprint density at radius 1 is 1.21 bits per heavy atom. The van der Waals surface area contributed by atoms with E-state index < -0.39 is 0 Å². The summed E-state index contributed by atoms with van der Waals surface area (Å²) < 4.78 is 0. The molecule has 1 aliphatic carbocycles. The molecule has 24 heavy (non-hydrogen) atoms. The Balaban J connectivity index is 1.88. The van der Waals surface area contributed by atoms with Crippen molar-refractivity contribution in [2.45, 2.75) is 41.0 Å². The molecule has 0 spiro atoms. The smallest absolute Gasteiger partial charge is 0.243 e. The van der Waals surface area contributed by atoms with Crippen LogP contribution in [0.1, 0.15) is 40.2 Å². The van der Waals surface area contributed by atoms with E-state index in [1.165, 1.54) is 5.57 Å². The molecule has 0 bridgehead atoms. The standard InChI is InChI=1S/C20H28N2O2/c1-6-14-9-7-8-10-16(14)22-17(23)12-21-19(24)18-15(11-13(2)3)20(18,4)5/h7-11,15,18H,6,12H2,1-5H3,(H,21,24)(H,22,23)/t15-,18-/m0/s1. The molecule has 2 N–H and O–H groups in total. The number of aryl methyl sites for hydroxylation is 1. The van der Waals surface area contributed by atoms with Gasteiger partial charge in [0.05, 0.1) is 12.5 Å². The highest BCUT2D eigenvalue weighted by Crippen LogP contribution is 2.59. The first-order chi connectivity index (χ1) is 11.3. The first-order valence-corrected chi connectivity index (χ1v) is 8.57. The van der Waals surface area contributed by atoms with Crippen molar-refractivity contribution in [3.63, 3.8) is 0 Å². The molecule has 1 fully saturated rings. The molecule has 2 rings (SSSR count). The van der Waals surface area contributed by atoms with Crippen molar-refractivity contribution in [1.29, 1.82) is 0 Å². The van der Waals surface area contributed by atoms with Gasteiger partial charge in [0.15, 0.2) is 0 Å². The van der Waals surface area contributed by atoms with Gasteiger partial charge in [-0.25, -0.2) is 0 Å². The third-order valence-electron chi connectivity index (χ3n) is 4.80. The summed E-state index contributed by atoms with van der Waals surface area (Å²) in [5.41, 5.74) is 3.09. The van der Waals surface area contributed by atoms with Crippen molar-refractivity contribution in [2.24, 2.45) is 17.3 Å². The average Bonchev–Trinajstić information content (AvgIpc) is 3.05. The molecule has 0 saturated heterocycles. The van der Waals surface area contributed by atoms with E-state index in [0.717, 1.165) is 17.7 Å². The number of rotatable bonds is 6. The molecule has 130 valence electrons. The van der Waals surface area contributed by atoms with Crippen molar-refractivity contribution in [1.82, 2.24) is 5.32 Å². The van der Waals surface area contributed by atoms with Gasteiger partial charge in [0.25, 0.3) is 0 Å². The van der Waals surface area contributed by atoms with E-state index in [2.05, 4.69) is 30.6 Å². The second-order valence-electron chi connectivity index (χ2n) is 7.35. The number of allylic oxidation sites excluding steroid dienone is 2. The van der Waals surface area contributed by atoms with Gasteiger partial charge in [0, 0.05) is 5.69 Å². The third-order valence-corrected chi connectivity index (χ3v) is 4.80. The van der Waals surface area contributed by atoms with Gasteiger partial charge < -0.3 is 10.6 Å². The lowest BCUT2D eigenvalue weighted by molar-refractivity contribution is -0.125. The number of carbonyl (C=O) groups excluding carboxylic acids is 2. The van der Waals surface area contributed by atoms with Crippen LogP contribution in [0.2, 0.25) is 0 Å². The highest BCUT2D eigenvalue weighted by molar-refractivity contribution is 5.96. The maximum atomic E-state index is 12.4. The van der Waals surface area contributed by atoms with Gasteiger partial charge >= 0.3 is 0 Å². The van der Waals surface area contributed by atoms with Gasteiger partial charge in [-0.1, -0.05) is 50.6 Å². The summed E-state index contributed by atoms with van der Waals surface area (Å²) in [7, 11) is 0. The van der Waals surface area contributed by atoms with Gasteiger partial charge in [0.1, 0.15) is 0 Å². The minimum absolute atomic E-state index is 0.00496. The van der Waals surface area contributed by atoms with Crippen LogP contribution in [0.3, 0.4) is 0 Å². The minimum atomic E-state index is -0.193. The Hall–Kier alpha value is -2.10. The van der Waals surface area contributed by atoms with E-state index in [1.807, 2.05) is 45.0 Å². The molecule has 0 unspecified atom stereocenters. The summed E-state index contributed by atoms with van der Waals surface area (Å²) in [6, 6.07) is 7.72. The van der Waals surface area contributed by atoms with Crippen molar-refractivity contribution >= 4 is 17.5 Å². The molecular weight excluding hydrogens is 300 g/mol. The number of amides is 2. The highest BCUT2D eigenvalue weighted by atomic mass is 16.2. The van der Waals surface area contributed by atoms with Crippen LogP contribution in [-0.2, 0) is 16.0 Å². The Labute approximate surface area is 144 Å². The topological polar surface area (TPSA) is 58.2 Å². The molecule has 1 aliphatic rings. The molecule has 0 radical (unpaired) electrons. The van der Waals surface area contributed by atoms with Crippen LogP contribution >= 0.6 is 0 Å². The molecular formula is C20H28N2O2. The lowest BCUT2D eigenvalue weighted by Crippen LogP contribution is -2.34. The summed E-state index contributed by atoms with van der Waals surface area (Å²) in [5, 5.41) is 5.66. The predicted octanol–water partition coefficient (Wildman–Crippen LogP) is 3.54. The van der Waals surface area contributed by atoms with E-state index in [9.17, 15) is 9.59 Å². The van der Waals surface area contributed by atoms with Gasteiger partial charge in [-0.2, -0.15) is 0 Å². The van der Waals surface area contributed by atoms with E-state index in [0.29, 0.717) is 0 Å². The molecule has 1 saturated carbocycles. The molecule has 0 aliphatic heterocycles. The quantitative estimate of drug-likeness (QED) is 0.785. The summed E-state index contributed by atoms with van der Waals surface area (Å²) in [5.74, 6) is -0.0302. The highest BCUT2D eigenvalue weighted by Gasteiger charge is 2.60. The molecule has 4 heteroatoms. The van der Waals surface area contributed by atoms with E-state index in [1.54, 1.807) is 0 Å². The van der Waals surface area contributed by atoms with Crippen LogP contribution in [-0.4, -0.2) is 18.4 Å². The number of para-hydroxylation sites is 1. The second kappa shape index (κ2) is 7.20. The third kappa shape index (κ3) is 4.05. The Morgan fingerprint density at radius 2 is 1.88 bits per heavy atom. The molecule has 1 aromatic rings. The van der Waals surface area contributed by atoms with Gasteiger partial charge in [-0.3, -0.25) is 9.59 Å². The van der Waals surface area contributed by atoms with Crippen LogP contribution in [0.15, 0.2) is 35.9 Å². The van der Waals surface area contributed by atoms with Crippen molar-refractivity contribution in [2.75, 3.05) is 11.9 Å². The summed E-state index contributed by atoms with van der Waals surface area (Å²) in [4.78, 5) is 24.5. The molecule has 0 heterocycles. The number of anilines is 1. The van der Waals surface area contributed by atoms with Gasteiger partial charge in [-0.05, 0) is 43.2 Å². The Bertz CT molecular complexity index is 657. The Kier molecular flexibility index (Phi) is 5.47. The van der Waals surface area contributed by atoms with Gasteiger partial charge in [0.2, 0.25) is 11.8 Å². The van der Waals surface area contributed by atoms with E-state index >= 15 is 0 Å². The number of carbonyl (C=O) groups is 2. The fraction of sp³-hybridized carbons (Fsp3) is 0.500. The second-order valence-corrected chi connectivity index (χ2v) is 7.35. The monoisotopic (exact) mass is 328 g/mol. The lowest BCUT2D eigenvalue weighted by Gasteiger charge is -2.10. The number of hydrogen-bond donors (Lipinski definition) is 2. The van der Waals surface area contributed by atoms with Crippen LogP contribution in [0, 0.1) is 17.3 Å². The number of benzene rings is 1. The minimum Gasteiger partial charge on any atom is -0.347 e. The fourth-order valence-corrected chi connectivity index (χ4v) is 3.27. The van der Waals surface area contributed by atoms with Gasteiger partial charge in [-0.15, -0.1) is 0 Å². The maximum Gasteiger partial charge on any atom is 0.243 e. The molecule has 1 aromatic carbocycles. The summed E-state index contributed by atoms with van der Waals surface area (Å²) in [6.45, 7) is 10.3. The van der Waals surface area contributed by atoms with Crippen LogP contribution < -0.4 is 10.6 Å². The fourth-order valence-electron chi connectivity index (χ4n) is 3.27. The zero-order chi connectivity index (χ0) is 17.9. The zero-order valence-electron chi connectivity index (χ0n) is 15.3. The normalized spacial score (nSPS) is 20.9. The van der Waals surface area contributed by atoms with Crippen molar-refractivity contribution in [3.8, 4) is 0 Å². The lowest BCUT2D eigenvalue weighted by atomic mass is 10.1. The first kappa shape index (κ1) is 18.2. The van der Waals surface area contributed by atoms with E-state index in [4.69, 9.17) is 0 Å². The predicted molar refractivity (Wildman–Crippen MR) is 97.7 cm³/mol. The Morgan fingerprint density at radius 3 is 2.50 bits per heavy atom. The largest absolute Gasteiger partial charge is 0.347 e. The van der Waals surface area contributed by atoms with Crippen LogP contribution in [0.5, 0.6) is 0 Å². The molecule has 2 atom stereocenters. The zero-order valence-corrected chi connectivity index (χ0v) is 15.3. The van der Waals surface area contributed by atoms with Crippen molar-refractivity contribution in [3.05, 3.63) is 41.5 Å².